The number of methoxy groups -OCH3 is 1. The fourth-order valence-corrected chi connectivity index (χ4v) is 13.5. The lowest BCUT2D eigenvalue weighted by atomic mass is 9.49. The highest BCUT2D eigenvalue weighted by Gasteiger charge is 2.83. The van der Waals surface area contributed by atoms with Crippen LogP contribution in [0.4, 0.5) is 5.69 Å². The summed E-state index contributed by atoms with van der Waals surface area (Å²) in [4.78, 5) is 29.7. The van der Waals surface area contributed by atoms with Crippen molar-refractivity contribution < 1.29 is 57.7 Å². The van der Waals surface area contributed by atoms with Gasteiger partial charge in [0.1, 0.15) is 47.3 Å². The van der Waals surface area contributed by atoms with Gasteiger partial charge in [0.2, 0.25) is 6.29 Å². The minimum atomic E-state index is -1.56. The number of carbonyl (C=O) groups is 2. The van der Waals surface area contributed by atoms with Crippen LogP contribution in [0, 0.1) is 11.8 Å². The van der Waals surface area contributed by atoms with Gasteiger partial charge in [0.15, 0.2) is 22.8 Å². The van der Waals surface area contributed by atoms with Gasteiger partial charge in [-0.2, -0.15) is 0 Å². The van der Waals surface area contributed by atoms with E-state index in [0.29, 0.717) is 58.9 Å². The molecule has 4 bridgehead atoms. The number of para-hydroxylation sites is 1. The Balaban J connectivity index is 1.26. The van der Waals surface area contributed by atoms with Crippen molar-refractivity contribution in [1.82, 2.24) is 0 Å². The first kappa shape index (κ1) is 47.3. The van der Waals surface area contributed by atoms with Crippen LogP contribution in [0.3, 0.4) is 0 Å². The smallest absolute Gasteiger partial charge is 0.333 e. The van der Waals surface area contributed by atoms with Gasteiger partial charge in [-0.3, -0.25) is 4.79 Å². The number of esters is 1. The lowest BCUT2D eigenvalue weighted by Crippen LogP contribution is -2.75. The largest absolute Gasteiger partial charge is 0.482 e. The lowest BCUT2D eigenvalue weighted by molar-refractivity contribution is -0.373. The second-order valence-corrected chi connectivity index (χ2v) is 22.6. The number of thioether (sulfide) groups is 1. The normalized spacial score (nSPS) is 35.2. The number of nitrogens with one attached hydrogen (secondary N) is 1. The zero-order valence-corrected chi connectivity index (χ0v) is 41.8. The number of ketones is 1. The van der Waals surface area contributed by atoms with E-state index in [9.17, 15) is 15.0 Å². The van der Waals surface area contributed by atoms with E-state index in [2.05, 4.69) is 64.2 Å². The SMILES string of the molecule is COC(=O)/C(C)=C\CC12OC(C)(C)C3CC(C1=O)C1Sc4ccccc4NC4=C1C32Oc1c(CC=C(C)C)c2c(c(O[C@@H]3O[C@@H]5COC(C)(C)O[C@H]5[C@H](O)[C@H]3O)c14)C=CC(C)(CCC=C(C)C)O2. The number of benzene rings is 2. The maximum absolute atomic E-state index is 15.7. The first-order valence-corrected chi connectivity index (χ1v) is 24.9. The van der Waals surface area contributed by atoms with Crippen LogP contribution >= 0.6 is 11.8 Å². The van der Waals surface area contributed by atoms with Gasteiger partial charge in [-0.15, -0.1) is 11.8 Å². The summed E-state index contributed by atoms with van der Waals surface area (Å²) in [6, 6.07) is 8.08. The summed E-state index contributed by atoms with van der Waals surface area (Å²) >= 11 is 1.64. The Morgan fingerprint density at radius 2 is 1.72 bits per heavy atom. The number of anilines is 1. The average molecular weight is 952 g/mol. The van der Waals surface area contributed by atoms with Crippen LogP contribution in [0.2, 0.25) is 0 Å². The summed E-state index contributed by atoms with van der Waals surface area (Å²) in [6.45, 7) is 19.7. The molecule has 11 rings (SSSR count). The van der Waals surface area contributed by atoms with Crippen LogP contribution in [-0.2, 0) is 39.7 Å². The monoisotopic (exact) mass is 951 g/mol. The molecule has 6 heterocycles. The highest BCUT2D eigenvalue weighted by molar-refractivity contribution is 8.00. The number of carbonyl (C=O) groups excluding carboxylic acids is 2. The Morgan fingerprint density at radius 1 is 0.971 bits per heavy atom. The molecule has 68 heavy (non-hydrogen) atoms. The second-order valence-electron chi connectivity index (χ2n) is 21.4. The molecule has 364 valence electrons. The van der Waals surface area contributed by atoms with Crippen LogP contribution in [0.1, 0.15) is 112 Å². The lowest BCUT2D eigenvalue weighted by Gasteiger charge is -2.61. The van der Waals surface area contributed by atoms with Crippen molar-refractivity contribution >= 4 is 41.0 Å². The van der Waals surface area contributed by atoms with E-state index < -0.39 is 70.8 Å². The third-order valence-corrected chi connectivity index (χ3v) is 16.7. The standard InChI is InChI=1S/C54H65NO12S/c1-27(2)15-14-22-52(10)23-21-31-42(65-52)30(19-18-28(3)4)44-37(43(31)63-49-41(57)40(56)45-34(62-49)26-61-51(8,9)64-45)39-38-46(68-35-17-13-12-16-33(35)55-39)32-25-36-50(6,7)67-53(47(32)58,54(36,38)66-44)24-20-29(5)48(59)60-11/h12-13,15-18,20-21,23,32,34,36,40-41,45-46,49,55-57H,14,19,22,24-26H2,1-11H3/b29-20-/t32?,34-,36?,40-,41-,45-,46?,49+,52?,53?,54?/m1/s1. The number of ether oxygens (including phenoxy) is 8. The number of rotatable bonds is 10. The molecule has 13 nitrogen and oxygen atoms in total. The number of aliphatic hydroxyl groups excluding tert-OH is 2. The topological polar surface area (TPSA) is 160 Å². The van der Waals surface area contributed by atoms with Crippen molar-refractivity contribution in [3.8, 4) is 17.2 Å². The molecule has 6 aliphatic heterocycles. The number of aliphatic hydroxyl groups is 2. The highest BCUT2D eigenvalue weighted by Crippen LogP contribution is 2.73. The maximum atomic E-state index is 15.7. The van der Waals surface area contributed by atoms with E-state index in [4.69, 9.17) is 37.9 Å². The first-order chi connectivity index (χ1) is 32.1. The Hall–Kier alpha value is -4.41. The molecule has 3 N–H and O–H groups in total. The quantitative estimate of drug-likeness (QED) is 0.118. The zero-order chi connectivity index (χ0) is 48.5. The van der Waals surface area contributed by atoms with E-state index in [0.717, 1.165) is 33.7 Å². The number of Topliss-reactive ketones (excluding diaryl/α,β-unsaturated/α-hetero) is 1. The average Bonchev–Trinajstić information content (AvgIpc) is 3.36. The van der Waals surface area contributed by atoms with E-state index >= 15 is 4.79 Å². The number of hydrogen-bond donors (Lipinski definition) is 3. The summed E-state index contributed by atoms with van der Waals surface area (Å²) < 4.78 is 53.5. The molecule has 9 aliphatic rings. The van der Waals surface area contributed by atoms with Crippen molar-refractivity contribution in [1.29, 1.82) is 0 Å². The Morgan fingerprint density at radius 3 is 2.46 bits per heavy atom. The summed E-state index contributed by atoms with van der Waals surface area (Å²) in [5, 5.41) is 27.3. The summed E-state index contributed by atoms with van der Waals surface area (Å²) in [5.41, 5.74) is 2.44. The number of hydrogen-bond acceptors (Lipinski definition) is 14. The number of fused-ring (bicyclic) bond motifs is 5. The summed E-state index contributed by atoms with van der Waals surface area (Å²) in [7, 11) is 1.34. The minimum Gasteiger partial charge on any atom is -0.482 e. The van der Waals surface area contributed by atoms with Gasteiger partial charge in [-0.1, -0.05) is 41.5 Å². The second kappa shape index (κ2) is 16.6. The van der Waals surface area contributed by atoms with E-state index in [1.54, 1.807) is 38.6 Å². The predicted molar refractivity (Wildman–Crippen MR) is 257 cm³/mol. The Kier molecular flexibility index (Phi) is 11.5. The van der Waals surface area contributed by atoms with Gasteiger partial charge in [-0.25, -0.2) is 4.79 Å². The van der Waals surface area contributed by atoms with E-state index in [1.807, 2.05) is 38.1 Å². The minimum absolute atomic E-state index is 0.0580. The highest BCUT2D eigenvalue weighted by atomic mass is 32.2. The predicted octanol–water partition coefficient (Wildman–Crippen LogP) is 8.79. The molecule has 1 spiro atoms. The van der Waals surface area contributed by atoms with Crippen LogP contribution in [0.25, 0.3) is 11.8 Å². The maximum Gasteiger partial charge on any atom is 0.333 e. The molecule has 3 aliphatic carbocycles. The number of allylic oxidation sites excluding steroid dienone is 4. The van der Waals surface area contributed by atoms with Gasteiger partial charge < -0.3 is 53.4 Å². The molecule has 3 saturated heterocycles. The van der Waals surface area contributed by atoms with Gasteiger partial charge in [0.25, 0.3) is 0 Å². The first-order valence-electron chi connectivity index (χ1n) is 24.0. The van der Waals surface area contributed by atoms with Crippen molar-refractivity contribution in [3.05, 3.63) is 87.6 Å². The molecule has 3 saturated carbocycles. The van der Waals surface area contributed by atoms with Gasteiger partial charge in [0.05, 0.1) is 41.8 Å². The van der Waals surface area contributed by atoms with Crippen molar-refractivity contribution in [3.63, 3.8) is 0 Å². The molecule has 2 aromatic carbocycles. The van der Waals surface area contributed by atoms with Crippen LogP contribution in [0.15, 0.2) is 75.8 Å². The molecule has 2 aromatic rings. The van der Waals surface area contributed by atoms with Crippen molar-refractivity contribution in [2.24, 2.45) is 11.8 Å². The summed E-state index contributed by atoms with van der Waals surface area (Å²) in [5.74, 6) is -1.07. The van der Waals surface area contributed by atoms with Crippen LogP contribution in [0.5, 0.6) is 17.2 Å². The third kappa shape index (κ3) is 7.25. The van der Waals surface area contributed by atoms with Gasteiger partial charge in [0, 0.05) is 45.1 Å². The van der Waals surface area contributed by atoms with Crippen LogP contribution in [-0.4, -0.2) is 99.8 Å². The molecular formula is C54H65NO12S. The fourth-order valence-electron chi connectivity index (χ4n) is 12.0. The van der Waals surface area contributed by atoms with Crippen molar-refractivity contribution in [2.75, 3.05) is 19.0 Å². The Labute approximate surface area is 403 Å². The molecule has 14 heteroatoms. The molecule has 0 aromatic heterocycles. The molecule has 0 radical (unpaired) electrons. The fraction of sp³-hybridized carbons (Fsp3) is 0.556. The van der Waals surface area contributed by atoms with Gasteiger partial charge >= 0.3 is 5.97 Å². The van der Waals surface area contributed by atoms with Crippen molar-refractivity contribution in [2.45, 2.75) is 170 Å². The Bertz CT molecular complexity index is 2620. The van der Waals surface area contributed by atoms with E-state index in [1.165, 1.54) is 12.7 Å². The molecule has 0 amide bonds. The third-order valence-electron chi connectivity index (χ3n) is 15.3. The summed E-state index contributed by atoms with van der Waals surface area (Å²) in [6.07, 6.45) is 6.68. The van der Waals surface area contributed by atoms with E-state index in [-0.39, 0.29) is 30.0 Å². The zero-order valence-electron chi connectivity index (χ0n) is 40.9. The molecule has 11 atom stereocenters. The molecular weight excluding hydrogens is 887 g/mol. The van der Waals surface area contributed by atoms with Gasteiger partial charge in [-0.05, 0) is 119 Å². The van der Waals surface area contributed by atoms with Crippen LogP contribution < -0.4 is 19.5 Å². The molecule has 6 fully saturated rings. The molecule has 6 unspecified atom stereocenters.